The predicted molar refractivity (Wildman–Crippen MR) is 44.9 cm³/mol. The molecule has 0 saturated carbocycles. The Morgan fingerprint density at radius 3 is 3.25 bits per heavy atom. The highest BCUT2D eigenvalue weighted by Crippen LogP contribution is 2.01. The first kappa shape index (κ1) is 8.60. The fraction of sp³-hybridized carbons (Fsp3) is 0.500. The van der Waals surface area contributed by atoms with Gasteiger partial charge in [-0.05, 0) is 6.42 Å². The molecule has 64 valence electrons. The molecular weight excluding hydrogens is 156 g/mol. The number of aliphatic carboxylic acids is 1. The largest absolute Gasteiger partial charge is 0.480 e. The lowest BCUT2D eigenvalue weighted by atomic mass is 10.1. The topological polar surface area (TPSA) is 61.7 Å². The Kier molecular flexibility index (Phi) is 2.70. The first-order valence-corrected chi connectivity index (χ1v) is 3.70. The quantitative estimate of drug-likeness (QED) is 0.561. The number of carboxylic acid groups (broad SMARTS) is 1. The molecule has 0 fully saturated rings. The minimum Gasteiger partial charge on any atom is -0.480 e. The van der Waals surface area contributed by atoms with Crippen LogP contribution in [0.25, 0.3) is 0 Å². The van der Waals surface area contributed by atoms with Gasteiger partial charge in [0.15, 0.2) is 0 Å². The fourth-order valence-electron chi connectivity index (χ4n) is 1.04. The summed E-state index contributed by atoms with van der Waals surface area (Å²) in [7, 11) is 0. The fourth-order valence-corrected chi connectivity index (χ4v) is 1.04. The summed E-state index contributed by atoms with van der Waals surface area (Å²) in [6.45, 7) is 0.543. The molecule has 12 heavy (non-hydrogen) atoms. The maximum atomic E-state index is 10.5. The molecule has 1 aliphatic heterocycles. The van der Waals surface area contributed by atoms with Crippen LogP contribution in [0.1, 0.15) is 12.8 Å². The lowest BCUT2D eigenvalue weighted by Gasteiger charge is -2.19. The minimum absolute atomic E-state index is 0.379. The number of rotatable bonds is 2. The predicted octanol–water partition coefficient (Wildman–Crippen LogP) is -0.145. The van der Waals surface area contributed by atoms with Crippen molar-refractivity contribution < 1.29 is 9.90 Å². The molecule has 0 aromatic heterocycles. The molecule has 0 aromatic carbocycles. The van der Waals surface area contributed by atoms with Gasteiger partial charge in [0.25, 0.3) is 0 Å². The molecule has 1 atom stereocenters. The van der Waals surface area contributed by atoms with Crippen molar-refractivity contribution >= 4 is 11.8 Å². The van der Waals surface area contributed by atoms with Gasteiger partial charge in [0.2, 0.25) is 0 Å². The third-order valence-corrected chi connectivity index (χ3v) is 1.63. The summed E-state index contributed by atoms with van der Waals surface area (Å²) in [5, 5.41) is 11.4. The van der Waals surface area contributed by atoms with Crippen LogP contribution < -0.4 is 5.32 Å². The Hall–Kier alpha value is -1.50. The van der Waals surface area contributed by atoms with Crippen molar-refractivity contribution in [1.29, 1.82) is 0 Å². The summed E-state index contributed by atoms with van der Waals surface area (Å²) in [6, 6.07) is -0.522. The van der Waals surface area contributed by atoms with Gasteiger partial charge < -0.3 is 10.4 Å². The summed E-state index contributed by atoms with van der Waals surface area (Å²) in [5.74, 6) is 2.17. The SMILES string of the molecule is C#CCC1=NCCC(C(=O)O)N1. The van der Waals surface area contributed by atoms with Gasteiger partial charge in [-0.15, -0.1) is 6.42 Å². The second kappa shape index (κ2) is 3.77. The van der Waals surface area contributed by atoms with E-state index in [2.05, 4.69) is 16.2 Å². The maximum absolute atomic E-state index is 10.5. The summed E-state index contributed by atoms with van der Waals surface area (Å²) < 4.78 is 0. The average Bonchev–Trinajstić information content (AvgIpc) is 2.05. The zero-order valence-electron chi connectivity index (χ0n) is 6.58. The van der Waals surface area contributed by atoms with Crippen LogP contribution >= 0.6 is 0 Å². The molecule has 1 aliphatic rings. The molecule has 0 radical (unpaired) electrons. The van der Waals surface area contributed by atoms with Gasteiger partial charge in [0.05, 0.1) is 6.42 Å². The number of hydrogen-bond donors (Lipinski definition) is 2. The van der Waals surface area contributed by atoms with Gasteiger partial charge in [-0.3, -0.25) is 4.99 Å². The molecule has 1 heterocycles. The van der Waals surface area contributed by atoms with E-state index in [1.807, 2.05) is 0 Å². The van der Waals surface area contributed by atoms with E-state index in [-0.39, 0.29) is 0 Å². The van der Waals surface area contributed by atoms with Gasteiger partial charge in [-0.2, -0.15) is 0 Å². The molecule has 0 aliphatic carbocycles. The van der Waals surface area contributed by atoms with Gasteiger partial charge in [-0.1, -0.05) is 5.92 Å². The summed E-state index contributed by atoms with van der Waals surface area (Å²) in [4.78, 5) is 14.6. The van der Waals surface area contributed by atoms with Crippen LogP contribution in [0.15, 0.2) is 4.99 Å². The first-order chi connectivity index (χ1) is 5.74. The van der Waals surface area contributed by atoms with Gasteiger partial charge in [0, 0.05) is 6.54 Å². The van der Waals surface area contributed by atoms with E-state index in [0.29, 0.717) is 25.2 Å². The van der Waals surface area contributed by atoms with Gasteiger partial charge in [-0.25, -0.2) is 4.79 Å². The summed E-state index contributed by atoms with van der Waals surface area (Å²) in [5.41, 5.74) is 0. The third-order valence-electron chi connectivity index (χ3n) is 1.63. The van der Waals surface area contributed by atoms with Crippen molar-refractivity contribution in [2.24, 2.45) is 4.99 Å². The second-order valence-electron chi connectivity index (χ2n) is 2.53. The molecule has 0 amide bonds. The van der Waals surface area contributed by atoms with Gasteiger partial charge in [0.1, 0.15) is 11.9 Å². The molecule has 0 saturated heterocycles. The Labute approximate surface area is 70.7 Å². The number of nitrogens with zero attached hydrogens (tertiary/aromatic N) is 1. The zero-order valence-corrected chi connectivity index (χ0v) is 6.58. The molecular formula is C8H10N2O2. The van der Waals surface area contributed by atoms with E-state index >= 15 is 0 Å². The monoisotopic (exact) mass is 166 g/mol. The number of hydrogen-bond acceptors (Lipinski definition) is 3. The second-order valence-corrected chi connectivity index (χ2v) is 2.53. The molecule has 4 nitrogen and oxygen atoms in total. The molecule has 0 bridgehead atoms. The maximum Gasteiger partial charge on any atom is 0.326 e. The van der Waals surface area contributed by atoms with E-state index in [9.17, 15) is 4.79 Å². The Balaban J connectivity index is 2.54. The van der Waals surface area contributed by atoms with Crippen LogP contribution in [0.5, 0.6) is 0 Å². The molecule has 2 N–H and O–H groups in total. The Bertz CT molecular complexity index is 252. The highest BCUT2D eigenvalue weighted by Gasteiger charge is 2.20. The van der Waals surface area contributed by atoms with Crippen molar-refractivity contribution in [3.8, 4) is 12.3 Å². The number of amidine groups is 1. The van der Waals surface area contributed by atoms with E-state index in [4.69, 9.17) is 11.5 Å². The molecule has 0 spiro atoms. The van der Waals surface area contributed by atoms with Crippen LogP contribution in [-0.2, 0) is 4.79 Å². The Morgan fingerprint density at radius 1 is 1.92 bits per heavy atom. The molecule has 1 rings (SSSR count). The summed E-state index contributed by atoms with van der Waals surface area (Å²) in [6.07, 6.45) is 5.97. The van der Waals surface area contributed by atoms with Crippen molar-refractivity contribution in [3.63, 3.8) is 0 Å². The lowest BCUT2D eigenvalue weighted by molar-refractivity contribution is -0.139. The van der Waals surface area contributed by atoms with Crippen LogP contribution in [0, 0.1) is 12.3 Å². The van der Waals surface area contributed by atoms with Crippen molar-refractivity contribution in [2.45, 2.75) is 18.9 Å². The number of terminal acetylenes is 1. The van der Waals surface area contributed by atoms with E-state index in [1.165, 1.54) is 0 Å². The molecule has 4 heteroatoms. The first-order valence-electron chi connectivity index (χ1n) is 3.70. The van der Waals surface area contributed by atoms with Gasteiger partial charge >= 0.3 is 5.97 Å². The van der Waals surface area contributed by atoms with Crippen molar-refractivity contribution in [3.05, 3.63) is 0 Å². The normalized spacial score (nSPS) is 21.9. The van der Waals surface area contributed by atoms with Crippen LogP contribution in [-0.4, -0.2) is 29.5 Å². The zero-order chi connectivity index (χ0) is 8.97. The average molecular weight is 166 g/mol. The van der Waals surface area contributed by atoms with E-state index in [1.54, 1.807) is 0 Å². The summed E-state index contributed by atoms with van der Waals surface area (Å²) >= 11 is 0. The lowest BCUT2D eigenvalue weighted by Crippen LogP contribution is -2.44. The minimum atomic E-state index is -0.848. The van der Waals surface area contributed by atoms with Crippen LogP contribution in [0.2, 0.25) is 0 Å². The van der Waals surface area contributed by atoms with Crippen LogP contribution in [0.4, 0.5) is 0 Å². The van der Waals surface area contributed by atoms with Crippen LogP contribution in [0.3, 0.4) is 0 Å². The van der Waals surface area contributed by atoms with Crippen molar-refractivity contribution in [2.75, 3.05) is 6.54 Å². The number of nitrogens with one attached hydrogen (secondary N) is 1. The van der Waals surface area contributed by atoms with Crippen molar-refractivity contribution in [1.82, 2.24) is 5.32 Å². The smallest absolute Gasteiger partial charge is 0.326 e. The highest BCUT2D eigenvalue weighted by molar-refractivity contribution is 5.89. The highest BCUT2D eigenvalue weighted by atomic mass is 16.4. The van der Waals surface area contributed by atoms with E-state index < -0.39 is 12.0 Å². The van der Waals surface area contributed by atoms with E-state index in [0.717, 1.165) is 0 Å². The number of carbonyl (C=O) groups is 1. The molecule has 0 aromatic rings. The Morgan fingerprint density at radius 2 is 2.67 bits per heavy atom. The third kappa shape index (κ3) is 1.99. The number of aliphatic imine (C=N–C) groups is 1. The standard InChI is InChI=1S/C8H10N2O2/c1-2-3-7-9-5-4-6(10-7)8(11)12/h1,6H,3-5H2,(H,9,10)(H,11,12). The number of carboxylic acids is 1. The molecule has 1 unspecified atom stereocenters.